The van der Waals surface area contributed by atoms with Crippen LogP contribution in [0.3, 0.4) is 0 Å². The van der Waals surface area contributed by atoms with Crippen molar-refractivity contribution in [3.8, 4) is 0 Å². The summed E-state index contributed by atoms with van der Waals surface area (Å²) in [5, 5.41) is 2.55. The third kappa shape index (κ3) is 2.84. The summed E-state index contributed by atoms with van der Waals surface area (Å²) in [6.45, 7) is 5.46. The van der Waals surface area contributed by atoms with Gasteiger partial charge in [-0.15, -0.1) is 0 Å². The fraction of sp³-hybridized carbons (Fsp3) is 0.294. The minimum atomic E-state index is -0.524. The van der Waals surface area contributed by atoms with Crippen LogP contribution in [0.25, 0.3) is 0 Å². The molecule has 1 heterocycles. The molecule has 1 aliphatic carbocycles. The third-order valence-electron chi connectivity index (χ3n) is 4.17. The highest BCUT2D eigenvalue weighted by molar-refractivity contribution is 6.29. The Labute approximate surface area is 138 Å². The molecule has 1 aromatic carbocycles. The molecule has 0 fully saturated rings. The second kappa shape index (κ2) is 6.08. The summed E-state index contributed by atoms with van der Waals surface area (Å²) in [6.07, 6.45) is 1.68. The van der Waals surface area contributed by atoms with Crippen LogP contribution in [0.15, 0.2) is 45.2 Å². The molecule has 1 aliphatic rings. The zero-order chi connectivity index (χ0) is 16.6. The topological polar surface area (TPSA) is 66.3 Å². The number of carbonyl (C=O) groups is 1. The highest BCUT2D eigenvalue weighted by atomic mass is 35.5. The fourth-order valence-corrected chi connectivity index (χ4v) is 3.27. The predicted octanol–water partition coefficient (Wildman–Crippen LogP) is 3.16. The van der Waals surface area contributed by atoms with Gasteiger partial charge in [0.1, 0.15) is 11.3 Å². The van der Waals surface area contributed by atoms with Gasteiger partial charge in [0.25, 0.3) is 11.5 Å². The Morgan fingerprint density at radius 3 is 2.87 bits per heavy atom. The van der Waals surface area contributed by atoms with Gasteiger partial charge in [0, 0.05) is 5.03 Å². The first-order valence-electron chi connectivity index (χ1n) is 7.39. The van der Waals surface area contributed by atoms with Crippen LogP contribution in [0.5, 0.6) is 0 Å². The normalized spacial score (nSPS) is 16.2. The number of fused-ring (bicyclic) bond motifs is 1. The van der Waals surface area contributed by atoms with Crippen molar-refractivity contribution in [2.75, 3.05) is 6.54 Å². The van der Waals surface area contributed by atoms with Crippen LogP contribution in [0.2, 0.25) is 0 Å². The van der Waals surface area contributed by atoms with Crippen molar-refractivity contribution in [1.82, 2.24) is 10.1 Å². The van der Waals surface area contributed by atoms with Gasteiger partial charge in [-0.1, -0.05) is 42.4 Å². The smallest absolute Gasteiger partial charge is 0.293 e. The number of aryl methyl sites for hydroxylation is 2. The first kappa shape index (κ1) is 15.6. The Morgan fingerprint density at radius 1 is 1.48 bits per heavy atom. The molecule has 0 aliphatic heterocycles. The molecule has 23 heavy (non-hydrogen) atoms. The first-order chi connectivity index (χ1) is 11.0. The van der Waals surface area contributed by atoms with Crippen LogP contribution < -0.4 is 5.56 Å². The van der Waals surface area contributed by atoms with Crippen molar-refractivity contribution in [2.45, 2.75) is 25.8 Å². The zero-order valence-electron chi connectivity index (χ0n) is 12.8. The maximum atomic E-state index is 12.9. The molecule has 0 radical (unpaired) electrons. The SMILES string of the molecule is C=C(Cl)CN(C(=O)c1c(C)o[nH]c1=O)C1CCc2ccccc21. The quantitative estimate of drug-likeness (QED) is 0.935. The average molecular weight is 333 g/mol. The summed E-state index contributed by atoms with van der Waals surface area (Å²) < 4.78 is 4.96. The lowest BCUT2D eigenvalue weighted by atomic mass is 10.1. The van der Waals surface area contributed by atoms with Crippen molar-refractivity contribution in [2.24, 2.45) is 0 Å². The molecule has 120 valence electrons. The Bertz CT molecular complexity index is 821. The van der Waals surface area contributed by atoms with Crippen molar-refractivity contribution >= 4 is 17.5 Å². The van der Waals surface area contributed by atoms with Gasteiger partial charge in [-0.2, -0.15) is 5.16 Å². The van der Waals surface area contributed by atoms with E-state index in [-0.39, 0.29) is 29.8 Å². The van der Waals surface area contributed by atoms with Gasteiger partial charge in [-0.05, 0) is 30.9 Å². The average Bonchev–Trinajstić information content (AvgIpc) is 3.08. The number of halogens is 1. The van der Waals surface area contributed by atoms with Gasteiger partial charge < -0.3 is 9.42 Å². The second-order valence-electron chi connectivity index (χ2n) is 5.67. The van der Waals surface area contributed by atoms with Crippen LogP contribution in [0, 0.1) is 6.92 Å². The maximum Gasteiger partial charge on any atom is 0.293 e. The first-order valence-corrected chi connectivity index (χ1v) is 7.77. The van der Waals surface area contributed by atoms with E-state index >= 15 is 0 Å². The van der Waals surface area contributed by atoms with Crippen LogP contribution >= 0.6 is 11.6 Å². The highest BCUT2D eigenvalue weighted by Gasteiger charge is 2.34. The lowest BCUT2D eigenvalue weighted by molar-refractivity contribution is 0.0696. The Morgan fingerprint density at radius 2 is 2.22 bits per heavy atom. The molecule has 0 saturated heterocycles. The fourth-order valence-electron chi connectivity index (χ4n) is 3.14. The predicted molar refractivity (Wildman–Crippen MR) is 87.6 cm³/mol. The summed E-state index contributed by atoms with van der Waals surface area (Å²) >= 11 is 5.97. The minimum Gasteiger partial charge on any atom is -0.383 e. The summed E-state index contributed by atoms with van der Waals surface area (Å²) in [7, 11) is 0. The molecule has 1 amide bonds. The van der Waals surface area contributed by atoms with Gasteiger partial charge >= 0.3 is 0 Å². The number of nitrogens with zero attached hydrogens (tertiary/aromatic N) is 1. The number of amides is 1. The lowest BCUT2D eigenvalue weighted by Crippen LogP contribution is -2.37. The van der Waals surface area contributed by atoms with Gasteiger partial charge in [0.2, 0.25) is 0 Å². The second-order valence-corrected chi connectivity index (χ2v) is 6.20. The number of H-pyrrole nitrogens is 1. The Kier molecular flexibility index (Phi) is 4.13. The number of aromatic nitrogens is 1. The highest BCUT2D eigenvalue weighted by Crippen LogP contribution is 2.36. The maximum absolute atomic E-state index is 12.9. The molecule has 1 N–H and O–H groups in total. The third-order valence-corrected chi connectivity index (χ3v) is 4.29. The van der Waals surface area contributed by atoms with Crippen molar-refractivity contribution in [1.29, 1.82) is 0 Å². The van der Waals surface area contributed by atoms with Crippen molar-refractivity contribution in [3.63, 3.8) is 0 Å². The van der Waals surface area contributed by atoms with E-state index in [0.717, 1.165) is 18.4 Å². The standard InChI is InChI=1S/C17H17ClN2O3/c1-10(18)9-20(17(22)15-11(2)23-19-16(15)21)14-8-7-12-5-3-4-6-13(12)14/h3-6,14H,1,7-9H2,2H3,(H,19,21). The molecule has 1 atom stereocenters. The monoisotopic (exact) mass is 332 g/mol. The van der Waals surface area contributed by atoms with E-state index in [0.29, 0.717) is 5.03 Å². The summed E-state index contributed by atoms with van der Waals surface area (Å²) in [5.41, 5.74) is 1.81. The molecule has 6 heteroatoms. The number of carbonyl (C=O) groups excluding carboxylic acids is 1. The van der Waals surface area contributed by atoms with Crippen LogP contribution in [-0.2, 0) is 6.42 Å². The van der Waals surface area contributed by atoms with Gasteiger partial charge in [-0.3, -0.25) is 9.59 Å². The molecule has 5 nitrogen and oxygen atoms in total. The molecule has 2 aromatic rings. The van der Waals surface area contributed by atoms with Gasteiger partial charge in [0.15, 0.2) is 0 Å². The molecule has 0 spiro atoms. The number of hydrogen-bond donors (Lipinski definition) is 1. The van der Waals surface area contributed by atoms with E-state index < -0.39 is 5.56 Å². The van der Waals surface area contributed by atoms with Crippen molar-refractivity contribution < 1.29 is 9.32 Å². The van der Waals surface area contributed by atoms with Crippen molar-refractivity contribution in [3.05, 3.63) is 68.7 Å². The van der Waals surface area contributed by atoms with E-state index in [1.54, 1.807) is 11.8 Å². The number of hydrogen-bond acceptors (Lipinski definition) is 3. The molecule has 3 rings (SSSR count). The summed E-state index contributed by atoms with van der Waals surface area (Å²) in [6, 6.07) is 7.88. The number of rotatable bonds is 4. The van der Waals surface area contributed by atoms with Gasteiger partial charge in [-0.25, -0.2) is 0 Å². The van der Waals surface area contributed by atoms with E-state index in [9.17, 15) is 9.59 Å². The van der Waals surface area contributed by atoms with E-state index in [2.05, 4.69) is 17.8 Å². The molecular formula is C17H17ClN2O3. The molecular weight excluding hydrogens is 316 g/mol. The minimum absolute atomic E-state index is 0.0206. The van der Waals surface area contributed by atoms with E-state index in [1.807, 2.05) is 18.2 Å². The number of benzene rings is 1. The van der Waals surface area contributed by atoms with E-state index in [1.165, 1.54) is 5.56 Å². The number of nitrogens with one attached hydrogen (secondary N) is 1. The van der Waals surface area contributed by atoms with Crippen LogP contribution in [0.1, 0.15) is 39.7 Å². The zero-order valence-corrected chi connectivity index (χ0v) is 13.5. The van der Waals surface area contributed by atoms with Crippen LogP contribution in [-0.4, -0.2) is 22.5 Å². The summed E-state index contributed by atoms with van der Waals surface area (Å²) in [5.74, 6) is -0.113. The molecule has 1 unspecified atom stereocenters. The summed E-state index contributed by atoms with van der Waals surface area (Å²) in [4.78, 5) is 26.4. The lowest BCUT2D eigenvalue weighted by Gasteiger charge is -2.29. The van der Waals surface area contributed by atoms with Gasteiger partial charge in [0.05, 0.1) is 12.6 Å². The Hall–Kier alpha value is -2.27. The number of aromatic amines is 1. The Balaban J connectivity index is 2.01. The van der Waals surface area contributed by atoms with Crippen LogP contribution in [0.4, 0.5) is 0 Å². The van der Waals surface area contributed by atoms with E-state index in [4.69, 9.17) is 16.1 Å². The molecule has 1 aromatic heterocycles. The largest absolute Gasteiger partial charge is 0.383 e. The molecule has 0 bridgehead atoms. The molecule has 0 saturated carbocycles.